The Morgan fingerprint density at radius 2 is 2.27 bits per heavy atom. The maximum atomic E-state index is 11.8. The van der Waals surface area contributed by atoms with Crippen LogP contribution >= 0.6 is 11.8 Å². The van der Waals surface area contributed by atoms with Gasteiger partial charge in [-0.25, -0.2) is 4.98 Å². The average Bonchev–Trinajstić information content (AvgIpc) is 2.88. The third-order valence-electron chi connectivity index (χ3n) is 3.19. The molecule has 1 aromatic heterocycles. The molecule has 1 aromatic rings. The van der Waals surface area contributed by atoms with Crippen molar-refractivity contribution in [1.29, 1.82) is 0 Å². The standard InChI is InChI=1S/C11H14N2OS/c14-11-7-3-1-4-8(7)12-10(13-11)9-5-2-6-15-9/h9H,1-6H2,(H,12,13,14). The Morgan fingerprint density at radius 3 is 3.07 bits per heavy atom. The molecule has 0 saturated carbocycles. The SMILES string of the molecule is O=c1[nH]c(C2CCCS2)nc2c1CCC2. The number of thioether (sulfide) groups is 1. The minimum atomic E-state index is 0.111. The van der Waals surface area contributed by atoms with E-state index in [1.165, 1.54) is 12.2 Å². The lowest BCUT2D eigenvalue weighted by atomic mass is 10.2. The minimum Gasteiger partial charge on any atom is -0.309 e. The summed E-state index contributed by atoms with van der Waals surface area (Å²) in [6, 6.07) is 0. The van der Waals surface area contributed by atoms with Crippen LogP contribution in [-0.2, 0) is 12.8 Å². The molecule has 1 saturated heterocycles. The van der Waals surface area contributed by atoms with E-state index in [1.807, 2.05) is 11.8 Å². The highest BCUT2D eigenvalue weighted by Crippen LogP contribution is 2.38. The zero-order valence-corrected chi connectivity index (χ0v) is 9.40. The first-order valence-electron chi connectivity index (χ1n) is 5.58. The number of nitrogens with zero attached hydrogens (tertiary/aromatic N) is 1. The number of rotatable bonds is 1. The Kier molecular flexibility index (Phi) is 2.31. The summed E-state index contributed by atoms with van der Waals surface area (Å²) in [5, 5.41) is 0.434. The van der Waals surface area contributed by atoms with Crippen LogP contribution in [0.2, 0.25) is 0 Å². The quantitative estimate of drug-likeness (QED) is 0.788. The Labute approximate surface area is 92.7 Å². The average molecular weight is 222 g/mol. The summed E-state index contributed by atoms with van der Waals surface area (Å²) in [5.41, 5.74) is 2.10. The van der Waals surface area contributed by atoms with E-state index < -0.39 is 0 Å². The van der Waals surface area contributed by atoms with Gasteiger partial charge in [-0.2, -0.15) is 11.8 Å². The number of aryl methyl sites for hydroxylation is 1. The van der Waals surface area contributed by atoms with Gasteiger partial charge in [0.1, 0.15) is 5.82 Å². The molecule has 1 fully saturated rings. The van der Waals surface area contributed by atoms with Gasteiger partial charge in [0.15, 0.2) is 0 Å². The molecular formula is C11H14N2OS. The summed E-state index contributed by atoms with van der Waals surface area (Å²) >= 11 is 1.92. The van der Waals surface area contributed by atoms with Crippen molar-refractivity contribution in [3.8, 4) is 0 Å². The molecule has 2 aliphatic rings. The lowest BCUT2D eigenvalue weighted by molar-refractivity contribution is 0.760. The number of aromatic amines is 1. The van der Waals surface area contributed by atoms with Crippen LogP contribution < -0.4 is 5.56 Å². The number of hydrogen-bond donors (Lipinski definition) is 1. The molecule has 15 heavy (non-hydrogen) atoms. The van der Waals surface area contributed by atoms with Crippen molar-refractivity contribution in [1.82, 2.24) is 9.97 Å². The van der Waals surface area contributed by atoms with E-state index in [9.17, 15) is 4.79 Å². The molecule has 0 amide bonds. The molecule has 0 bridgehead atoms. The third kappa shape index (κ3) is 1.61. The van der Waals surface area contributed by atoms with Crippen LogP contribution in [0.1, 0.15) is 41.6 Å². The second kappa shape index (κ2) is 3.67. The lowest BCUT2D eigenvalue weighted by Crippen LogP contribution is -2.17. The van der Waals surface area contributed by atoms with Gasteiger partial charge in [0.05, 0.1) is 10.9 Å². The second-order valence-electron chi connectivity index (χ2n) is 4.23. The van der Waals surface area contributed by atoms with Crippen molar-refractivity contribution in [2.45, 2.75) is 37.4 Å². The highest BCUT2D eigenvalue weighted by atomic mass is 32.2. The first-order valence-corrected chi connectivity index (χ1v) is 6.63. The van der Waals surface area contributed by atoms with Gasteiger partial charge in [0.2, 0.25) is 0 Å². The minimum absolute atomic E-state index is 0.111. The fourth-order valence-corrected chi connectivity index (χ4v) is 3.63. The van der Waals surface area contributed by atoms with Crippen LogP contribution in [0, 0.1) is 0 Å². The molecule has 80 valence electrons. The van der Waals surface area contributed by atoms with Gasteiger partial charge in [-0.05, 0) is 37.9 Å². The molecule has 1 aliphatic heterocycles. The largest absolute Gasteiger partial charge is 0.309 e. The number of nitrogens with one attached hydrogen (secondary N) is 1. The Morgan fingerprint density at radius 1 is 1.33 bits per heavy atom. The van der Waals surface area contributed by atoms with Gasteiger partial charge in [0.25, 0.3) is 5.56 Å². The molecule has 0 aromatic carbocycles. The Bertz CT molecular complexity index is 435. The van der Waals surface area contributed by atoms with Crippen molar-refractivity contribution in [3.05, 3.63) is 27.4 Å². The third-order valence-corrected chi connectivity index (χ3v) is 4.58. The fourth-order valence-electron chi connectivity index (χ4n) is 2.41. The molecular weight excluding hydrogens is 208 g/mol. The summed E-state index contributed by atoms with van der Waals surface area (Å²) in [4.78, 5) is 19.4. The molecule has 0 spiro atoms. The molecule has 1 N–H and O–H groups in total. The lowest BCUT2D eigenvalue weighted by Gasteiger charge is -2.08. The first-order chi connectivity index (χ1) is 7.34. The second-order valence-corrected chi connectivity index (χ2v) is 5.54. The van der Waals surface area contributed by atoms with Crippen molar-refractivity contribution in [2.75, 3.05) is 5.75 Å². The number of aromatic nitrogens is 2. The zero-order chi connectivity index (χ0) is 10.3. The van der Waals surface area contributed by atoms with Crippen LogP contribution in [0.3, 0.4) is 0 Å². The molecule has 1 aliphatic carbocycles. The van der Waals surface area contributed by atoms with Crippen LogP contribution in [0.4, 0.5) is 0 Å². The molecule has 1 atom stereocenters. The fraction of sp³-hybridized carbons (Fsp3) is 0.636. The number of H-pyrrole nitrogens is 1. The number of hydrogen-bond acceptors (Lipinski definition) is 3. The van der Waals surface area contributed by atoms with Crippen molar-refractivity contribution in [3.63, 3.8) is 0 Å². The topological polar surface area (TPSA) is 45.8 Å². The van der Waals surface area contributed by atoms with Crippen LogP contribution in [0.5, 0.6) is 0 Å². The summed E-state index contributed by atoms with van der Waals surface area (Å²) in [7, 11) is 0. The van der Waals surface area contributed by atoms with E-state index in [1.54, 1.807) is 0 Å². The summed E-state index contributed by atoms with van der Waals surface area (Å²) in [5.74, 6) is 2.12. The molecule has 3 rings (SSSR count). The van der Waals surface area contributed by atoms with Crippen LogP contribution in [0.15, 0.2) is 4.79 Å². The predicted octanol–water partition coefficient (Wildman–Crippen LogP) is 1.83. The highest BCUT2D eigenvalue weighted by molar-refractivity contribution is 7.99. The van der Waals surface area contributed by atoms with E-state index >= 15 is 0 Å². The molecule has 2 heterocycles. The van der Waals surface area contributed by atoms with Crippen LogP contribution in [-0.4, -0.2) is 15.7 Å². The van der Waals surface area contributed by atoms with Crippen molar-refractivity contribution >= 4 is 11.8 Å². The molecule has 3 nitrogen and oxygen atoms in total. The summed E-state index contributed by atoms with van der Waals surface area (Å²) in [6.45, 7) is 0. The smallest absolute Gasteiger partial charge is 0.254 e. The predicted molar refractivity (Wildman–Crippen MR) is 61.3 cm³/mol. The maximum Gasteiger partial charge on any atom is 0.254 e. The zero-order valence-electron chi connectivity index (χ0n) is 8.58. The van der Waals surface area contributed by atoms with Crippen LogP contribution in [0.25, 0.3) is 0 Å². The van der Waals surface area contributed by atoms with E-state index in [-0.39, 0.29) is 5.56 Å². The Hall–Kier alpha value is -0.770. The van der Waals surface area contributed by atoms with E-state index in [4.69, 9.17) is 0 Å². The van der Waals surface area contributed by atoms with Gasteiger partial charge in [-0.1, -0.05) is 0 Å². The summed E-state index contributed by atoms with van der Waals surface area (Å²) < 4.78 is 0. The molecule has 1 unspecified atom stereocenters. The van der Waals surface area contributed by atoms with E-state index in [2.05, 4.69) is 9.97 Å². The summed E-state index contributed by atoms with van der Waals surface area (Å²) in [6.07, 6.45) is 5.40. The van der Waals surface area contributed by atoms with Gasteiger partial charge in [0, 0.05) is 5.56 Å². The highest BCUT2D eigenvalue weighted by Gasteiger charge is 2.23. The number of fused-ring (bicyclic) bond motifs is 1. The Balaban J connectivity index is 2.03. The van der Waals surface area contributed by atoms with Gasteiger partial charge in [-0.15, -0.1) is 0 Å². The monoisotopic (exact) mass is 222 g/mol. The molecule has 4 heteroatoms. The van der Waals surface area contributed by atoms with Gasteiger partial charge < -0.3 is 4.98 Å². The van der Waals surface area contributed by atoms with Crippen molar-refractivity contribution < 1.29 is 0 Å². The normalized spacial score (nSPS) is 24.4. The van der Waals surface area contributed by atoms with Crippen molar-refractivity contribution in [2.24, 2.45) is 0 Å². The van der Waals surface area contributed by atoms with E-state index in [0.29, 0.717) is 5.25 Å². The molecule has 0 radical (unpaired) electrons. The van der Waals surface area contributed by atoms with Gasteiger partial charge in [-0.3, -0.25) is 4.79 Å². The van der Waals surface area contributed by atoms with Gasteiger partial charge >= 0.3 is 0 Å². The maximum absolute atomic E-state index is 11.8. The first kappa shape index (κ1) is 9.46. The van der Waals surface area contributed by atoms with E-state index in [0.717, 1.165) is 42.8 Å².